The summed E-state index contributed by atoms with van der Waals surface area (Å²) in [6.45, 7) is 5.78. The lowest BCUT2D eigenvalue weighted by molar-refractivity contribution is 0.0927. The van der Waals surface area contributed by atoms with Crippen LogP contribution in [0.25, 0.3) is 10.8 Å². The number of phenolic OH excluding ortho intramolecular Hbond substituents is 1. The quantitative estimate of drug-likeness (QED) is 0.195. The van der Waals surface area contributed by atoms with E-state index in [1.807, 2.05) is 18.2 Å². The summed E-state index contributed by atoms with van der Waals surface area (Å²) >= 11 is 0. The largest absolute Gasteiger partial charge is 0.506 e. The van der Waals surface area contributed by atoms with Crippen LogP contribution in [0.5, 0.6) is 5.75 Å². The number of unbranched alkanes of at least 4 members (excludes halogenated alkanes) is 10. The predicted molar refractivity (Wildman–Crippen MR) is 140 cm³/mol. The van der Waals surface area contributed by atoms with Gasteiger partial charge in [-0.25, -0.2) is 10.2 Å². The first-order chi connectivity index (χ1) is 16.6. The third kappa shape index (κ3) is 9.24. The van der Waals surface area contributed by atoms with Gasteiger partial charge in [-0.05, 0) is 24.3 Å². The third-order valence-electron chi connectivity index (χ3n) is 6.28. The summed E-state index contributed by atoms with van der Waals surface area (Å²) in [6.07, 6.45) is 14.0. The van der Waals surface area contributed by atoms with E-state index in [0.717, 1.165) is 31.1 Å². The molecule has 2 aromatic rings. The lowest BCUT2D eigenvalue weighted by Gasteiger charge is -2.23. The van der Waals surface area contributed by atoms with E-state index in [2.05, 4.69) is 24.7 Å². The van der Waals surface area contributed by atoms with Gasteiger partial charge in [0, 0.05) is 18.5 Å². The average molecular weight is 470 g/mol. The minimum Gasteiger partial charge on any atom is -0.506 e. The van der Waals surface area contributed by atoms with Crippen molar-refractivity contribution in [2.24, 2.45) is 0 Å². The maximum Gasteiger partial charge on any atom is 0.336 e. The molecule has 0 aliphatic heterocycles. The normalized spacial score (nSPS) is 10.9. The molecule has 6 heteroatoms. The summed E-state index contributed by atoms with van der Waals surface area (Å²) in [4.78, 5) is 27.3. The van der Waals surface area contributed by atoms with Crippen LogP contribution in [0.15, 0.2) is 36.4 Å². The lowest BCUT2D eigenvalue weighted by atomic mass is 10.1. The van der Waals surface area contributed by atoms with E-state index in [0.29, 0.717) is 18.5 Å². The standard InChI is InChI=1S/C28H43N3O3/c1-3-5-7-9-11-15-21-31(22-16-12-10-8-6-4-2)28(34)30-29-27(33)25-20-19-23-17-13-14-18-24(23)26(25)32/h13-14,17-20,32H,3-12,15-16,21-22H2,1-2H3,(H,29,33)(H,30,34). The summed E-state index contributed by atoms with van der Waals surface area (Å²) in [6, 6.07) is 10.4. The van der Waals surface area contributed by atoms with Gasteiger partial charge in [0.25, 0.3) is 5.91 Å². The number of rotatable bonds is 15. The number of carbonyl (C=O) groups is 2. The number of phenols is 1. The van der Waals surface area contributed by atoms with Crippen LogP contribution in [-0.2, 0) is 0 Å². The van der Waals surface area contributed by atoms with E-state index >= 15 is 0 Å². The monoisotopic (exact) mass is 469 g/mol. The van der Waals surface area contributed by atoms with E-state index in [4.69, 9.17) is 0 Å². The molecule has 6 nitrogen and oxygen atoms in total. The van der Waals surface area contributed by atoms with E-state index in [1.165, 1.54) is 51.4 Å². The second-order valence-electron chi connectivity index (χ2n) is 9.09. The molecule has 0 aliphatic rings. The summed E-state index contributed by atoms with van der Waals surface area (Å²) in [5.41, 5.74) is 5.17. The fourth-order valence-electron chi connectivity index (χ4n) is 4.18. The highest BCUT2D eigenvalue weighted by Gasteiger charge is 2.17. The third-order valence-corrected chi connectivity index (χ3v) is 6.28. The van der Waals surface area contributed by atoms with Crippen molar-refractivity contribution in [3.63, 3.8) is 0 Å². The fourth-order valence-corrected chi connectivity index (χ4v) is 4.18. The van der Waals surface area contributed by atoms with Crippen LogP contribution >= 0.6 is 0 Å². The Kier molecular flexibility index (Phi) is 12.9. The highest BCUT2D eigenvalue weighted by Crippen LogP contribution is 2.28. The SMILES string of the molecule is CCCCCCCCN(CCCCCCCC)C(=O)NNC(=O)c1ccc2ccccc2c1O. The molecule has 188 valence electrons. The van der Waals surface area contributed by atoms with Gasteiger partial charge in [-0.1, -0.05) is 108 Å². The van der Waals surface area contributed by atoms with Crippen LogP contribution < -0.4 is 10.9 Å². The maximum atomic E-state index is 12.8. The van der Waals surface area contributed by atoms with Crippen molar-refractivity contribution in [1.29, 1.82) is 0 Å². The minimum atomic E-state index is -0.532. The zero-order valence-electron chi connectivity index (χ0n) is 21.1. The molecule has 0 heterocycles. The first kappa shape index (κ1) is 27.5. The fraction of sp³-hybridized carbons (Fsp3) is 0.571. The number of nitrogens with zero attached hydrogens (tertiary/aromatic N) is 1. The molecule has 0 atom stereocenters. The van der Waals surface area contributed by atoms with Crippen LogP contribution in [0.4, 0.5) is 4.79 Å². The van der Waals surface area contributed by atoms with Crippen LogP contribution in [-0.4, -0.2) is 35.0 Å². The molecule has 0 bridgehead atoms. The Morgan fingerprint density at radius 1 is 0.735 bits per heavy atom. The van der Waals surface area contributed by atoms with E-state index in [9.17, 15) is 14.7 Å². The molecule has 2 aromatic carbocycles. The molecule has 34 heavy (non-hydrogen) atoms. The van der Waals surface area contributed by atoms with Crippen LogP contribution in [0.1, 0.15) is 101 Å². The molecular weight excluding hydrogens is 426 g/mol. The number of hydrazine groups is 1. The molecule has 0 aliphatic carbocycles. The Balaban J connectivity index is 1.88. The Labute approximate surface area is 205 Å². The summed E-state index contributed by atoms with van der Waals surface area (Å²) in [5.74, 6) is -0.614. The second kappa shape index (κ2) is 16.0. The van der Waals surface area contributed by atoms with Crippen molar-refractivity contribution < 1.29 is 14.7 Å². The van der Waals surface area contributed by atoms with Gasteiger partial charge >= 0.3 is 6.03 Å². The topological polar surface area (TPSA) is 81.7 Å². The van der Waals surface area contributed by atoms with Crippen LogP contribution in [0.3, 0.4) is 0 Å². The van der Waals surface area contributed by atoms with Crippen molar-refractivity contribution in [3.8, 4) is 5.75 Å². The Morgan fingerprint density at radius 2 is 1.29 bits per heavy atom. The zero-order valence-corrected chi connectivity index (χ0v) is 21.1. The number of fused-ring (bicyclic) bond motifs is 1. The first-order valence-corrected chi connectivity index (χ1v) is 13.1. The number of aromatic hydroxyl groups is 1. The van der Waals surface area contributed by atoms with Gasteiger partial charge in [0.2, 0.25) is 0 Å². The van der Waals surface area contributed by atoms with E-state index < -0.39 is 5.91 Å². The molecular formula is C28H43N3O3. The number of hydrogen-bond donors (Lipinski definition) is 3. The van der Waals surface area contributed by atoms with Gasteiger partial charge in [0.05, 0.1) is 5.56 Å². The predicted octanol–water partition coefficient (Wildman–Crippen LogP) is 6.92. The molecule has 0 spiro atoms. The molecule has 0 unspecified atom stereocenters. The molecule has 0 fully saturated rings. The molecule has 0 radical (unpaired) electrons. The smallest absolute Gasteiger partial charge is 0.336 e. The van der Waals surface area contributed by atoms with Crippen LogP contribution in [0.2, 0.25) is 0 Å². The number of nitrogens with one attached hydrogen (secondary N) is 2. The van der Waals surface area contributed by atoms with Gasteiger partial charge in [-0.2, -0.15) is 0 Å². The number of urea groups is 1. The first-order valence-electron chi connectivity index (χ1n) is 13.1. The molecule has 3 N–H and O–H groups in total. The van der Waals surface area contributed by atoms with Crippen molar-refractivity contribution in [3.05, 3.63) is 42.0 Å². The van der Waals surface area contributed by atoms with Crippen molar-refractivity contribution in [2.45, 2.75) is 90.9 Å². The minimum absolute atomic E-state index is 0.0825. The van der Waals surface area contributed by atoms with E-state index in [-0.39, 0.29) is 17.3 Å². The zero-order chi connectivity index (χ0) is 24.6. The van der Waals surface area contributed by atoms with Gasteiger partial charge in [0.15, 0.2) is 0 Å². The number of amides is 3. The summed E-state index contributed by atoms with van der Waals surface area (Å²) < 4.78 is 0. The molecule has 0 aromatic heterocycles. The van der Waals surface area contributed by atoms with Crippen molar-refractivity contribution >= 4 is 22.7 Å². The highest BCUT2D eigenvalue weighted by molar-refractivity contribution is 6.03. The highest BCUT2D eigenvalue weighted by atomic mass is 16.3. The molecule has 0 saturated heterocycles. The Bertz CT molecular complexity index is 868. The van der Waals surface area contributed by atoms with Crippen molar-refractivity contribution in [1.82, 2.24) is 15.8 Å². The van der Waals surface area contributed by atoms with Crippen LogP contribution in [0, 0.1) is 0 Å². The van der Waals surface area contributed by atoms with Gasteiger partial charge in [-0.3, -0.25) is 10.2 Å². The van der Waals surface area contributed by atoms with Gasteiger partial charge < -0.3 is 10.0 Å². The number of carbonyl (C=O) groups excluding carboxylic acids is 2. The molecule has 3 amide bonds. The number of hydrogen-bond acceptors (Lipinski definition) is 3. The Morgan fingerprint density at radius 3 is 1.91 bits per heavy atom. The maximum absolute atomic E-state index is 12.8. The number of benzene rings is 2. The second-order valence-corrected chi connectivity index (χ2v) is 9.09. The van der Waals surface area contributed by atoms with Crippen molar-refractivity contribution in [2.75, 3.05) is 13.1 Å². The Hall–Kier alpha value is -2.76. The lowest BCUT2D eigenvalue weighted by Crippen LogP contribution is -2.49. The molecule has 0 saturated carbocycles. The molecule has 2 rings (SSSR count). The summed E-state index contributed by atoms with van der Waals surface area (Å²) in [7, 11) is 0. The van der Waals surface area contributed by atoms with Gasteiger partial charge in [0.1, 0.15) is 5.75 Å². The van der Waals surface area contributed by atoms with E-state index in [1.54, 1.807) is 23.1 Å². The average Bonchev–Trinajstić information content (AvgIpc) is 2.85. The summed E-state index contributed by atoms with van der Waals surface area (Å²) in [5, 5.41) is 12.0. The van der Waals surface area contributed by atoms with Gasteiger partial charge in [-0.15, -0.1) is 0 Å².